The number of pyridine rings is 1. The van der Waals surface area contributed by atoms with Crippen molar-refractivity contribution in [1.29, 1.82) is 0 Å². The van der Waals surface area contributed by atoms with Crippen LogP contribution >= 0.6 is 0 Å². The van der Waals surface area contributed by atoms with E-state index >= 15 is 0 Å². The standard InChI is InChI=1S/C27H30N6O3/c1-4-18-6-5-7-19(12-18)29-27-30-23-13-20(8-9-24(23)32(27)2)36-21-10-11-28-25(14-21)31-26(34)17-33-15-22(16-33)35-3/h5-14,22H,4,15-17H2,1-3H3,(H,29,30)(H,28,31,34). The molecule has 0 saturated carbocycles. The van der Waals surface area contributed by atoms with Crippen molar-refractivity contribution >= 4 is 34.4 Å². The Kier molecular flexibility index (Phi) is 6.84. The molecule has 1 amide bonds. The van der Waals surface area contributed by atoms with Crippen LogP contribution < -0.4 is 15.4 Å². The number of rotatable bonds is 9. The van der Waals surface area contributed by atoms with E-state index in [1.54, 1.807) is 25.4 Å². The molecule has 1 saturated heterocycles. The summed E-state index contributed by atoms with van der Waals surface area (Å²) < 4.78 is 13.3. The summed E-state index contributed by atoms with van der Waals surface area (Å²) in [6.45, 7) is 3.97. The fourth-order valence-electron chi connectivity index (χ4n) is 4.22. The quantitative estimate of drug-likeness (QED) is 0.364. The third kappa shape index (κ3) is 5.32. The number of aryl methyl sites for hydroxylation is 2. The molecule has 186 valence electrons. The number of ether oxygens (including phenoxy) is 2. The van der Waals surface area contributed by atoms with Crippen LogP contribution in [-0.4, -0.2) is 58.2 Å². The summed E-state index contributed by atoms with van der Waals surface area (Å²) in [5.74, 6) is 2.31. The third-order valence-electron chi connectivity index (χ3n) is 6.30. The topological polar surface area (TPSA) is 93.5 Å². The molecule has 4 aromatic rings. The number of methoxy groups -OCH3 is 1. The van der Waals surface area contributed by atoms with E-state index in [1.165, 1.54) is 5.56 Å². The van der Waals surface area contributed by atoms with Gasteiger partial charge in [-0.25, -0.2) is 9.97 Å². The summed E-state index contributed by atoms with van der Waals surface area (Å²) in [7, 11) is 3.67. The average molecular weight is 487 g/mol. The molecule has 36 heavy (non-hydrogen) atoms. The second kappa shape index (κ2) is 10.3. The molecule has 2 aromatic carbocycles. The molecule has 0 spiro atoms. The van der Waals surface area contributed by atoms with Crippen LogP contribution in [0.1, 0.15) is 12.5 Å². The third-order valence-corrected chi connectivity index (χ3v) is 6.30. The zero-order valence-corrected chi connectivity index (χ0v) is 20.7. The first kappa shape index (κ1) is 23.8. The second-order valence-electron chi connectivity index (χ2n) is 8.90. The van der Waals surface area contributed by atoms with E-state index in [-0.39, 0.29) is 12.0 Å². The summed E-state index contributed by atoms with van der Waals surface area (Å²) in [6, 6.07) is 17.6. The van der Waals surface area contributed by atoms with Crippen LogP contribution in [0.3, 0.4) is 0 Å². The Morgan fingerprint density at radius 3 is 2.75 bits per heavy atom. The number of likely N-dealkylation sites (tertiary alicyclic amines) is 1. The van der Waals surface area contributed by atoms with E-state index in [2.05, 4.69) is 34.7 Å². The van der Waals surface area contributed by atoms with Gasteiger partial charge in [0, 0.05) is 51.3 Å². The number of hydrogen-bond acceptors (Lipinski definition) is 7. The van der Waals surface area contributed by atoms with Gasteiger partial charge in [0.15, 0.2) is 0 Å². The first-order valence-corrected chi connectivity index (χ1v) is 12.0. The van der Waals surface area contributed by atoms with Crippen molar-refractivity contribution in [2.24, 2.45) is 7.05 Å². The van der Waals surface area contributed by atoms with Crippen LogP contribution in [0.15, 0.2) is 60.8 Å². The van der Waals surface area contributed by atoms with Gasteiger partial charge in [-0.1, -0.05) is 19.1 Å². The van der Waals surface area contributed by atoms with Crippen LogP contribution in [0.5, 0.6) is 11.5 Å². The largest absolute Gasteiger partial charge is 0.457 e. The Morgan fingerprint density at radius 1 is 1.11 bits per heavy atom. The van der Waals surface area contributed by atoms with Crippen LogP contribution in [-0.2, 0) is 23.0 Å². The minimum absolute atomic E-state index is 0.117. The zero-order chi connectivity index (χ0) is 25.1. The zero-order valence-electron chi connectivity index (χ0n) is 20.7. The number of imidazole rings is 1. The normalized spacial score (nSPS) is 14.0. The minimum Gasteiger partial charge on any atom is -0.457 e. The van der Waals surface area contributed by atoms with Crippen LogP contribution in [0, 0.1) is 0 Å². The van der Waals surface area contributed by atoms with E-state index in [4.69, 9.17) is 14.5 Å². The van der Waals surface area contributed by atoms with Crippen molar-refractivity contribution in [2.75, 3.05) is 37.4 Å². The Hall–Kier alpha value is -3.95. The molecule has 2 N–H and O–H groups in total. The maximum atomic E-state index is 12.3. The maximum absolute atomic E-state index is 12.3. The first-order chi connectivity index (χ1) is 17.5. The Bertz CT molecular complexity index is 1380. The lowest BCUT2D eigenvalue weighted by Crippen LogP contribution is -2.54. The molecule has 9 nitrogen and oxygen atoms in total. The predicted octanol–water partition coefficient (Wildman–Crippen LogP) is 4.34. The highest BCUT2D eigenvalue weighted by atomic mass is 16.5. The molecule has 1 fully saturated rings. The fourth-order valence-corrected chi connectivity index (χ4v) is 4.22. The van der Waals surface area contributed by atoms with Gasteiger partial charge in [0.05, 0.1) is 23.7 Å². The number of fused-ring (bicyclic) bond motifs is 1. The molecule has 2 aromatic heterocycles. The summed E-state index contributed by atoms with van der Waals surface area (Å²) in [5, 5.41) is 6.25. The first-order valence-electron chi connectivity index (χ1n) is 12.0. The van der Waals surface area contributed by atoms with Crippen molar-refractivity contribution in [3.8, 4) is 11.5 Å². The highest BCUT2D eigenvalue weighted by Crippen LogP contribution is 2.29. The molecule has 1 aliphatic heterocycles. The number of aromatic nitrogens is 3. The van der Waals surface area contributed by atoms with Crippen LogP contribution in [0.2, 0.25) is 0 Å². The predicted molar refractivity (Wildman–Crippen MR) is 140 cm³/mol. The van der Waals surface area contributed by atoms with E-state index in [0.29, 0.717) is 23.9 Å². The summed E-state index contributed by atoms with van der Waals surface area (Å²) in [5.41, 5.74) is 4.07. The molecule has 0 atom stereocenters. The van der Waals surface area contributed by atoms with Crippen molar-refractivity contribution in [2.45, 2.75) is 19.4 Å². The monoisotopic (exact) mass is 486 g/mol. The van der Waals surface area contributed by atoms with Gasteiger partial charge in [-0.2, -0.15) is 0 Å². The summed E-state index contributed by atoms with van der Waals surface area (Å²) in [4.78, 5) is 23.4. The van der Waals surface area contributed by atoms with Crippen molar-refractivity contribution in [3.05, 3.63) is 66.4 Å². The molecule has 0 radical (unpaired) electrons. The van der Waals surface area contributed by atoms with Crippen LogP contribution in [0.25, 0.3) is 11.0 Å². The lowest BCUT2D eigenvalue weighted by molar-refractivity contribution is -0.120. The number of carbonyl (C=O) groups is 1. The number of carbonyl (C=O) groups excluding carboxylic acids is 1. The molecular weight excluding hydrogens is 456 g/mol. The summed E-state index contributed by atoms with van der Waals surface area (Å²) in [6.07, 6.45) is 2.80. The van der Waals surface area contributed by atoms with Gasteiger partial charge in [0.25, 0.3) is 0 Å². The van der Waals surface area contributed by atoms with E-state index in [9.17, 15) is 4.79 Å². The summed E-state index contributed by atoms with van der Waals surface area (Å²) >= 11 is 0. The maximum Gasteiger partial charge on any atom is 0.239 e. The SMILES string of the molecule is CCc1cccc(Nc2nc3cc(Oc4ccnc(NC(=O)CN5CC(OC)C5)c4)ccc3n2C)c1. The molecule has 1 aliphatic rings. The number of nitrogens with zero attached hydrogens (tertiary/aromatic N) is 4. The molecule has 3 heterocycles. The van der Waals surface area contributed by atoms with Gasteiger partial charge in [0.2, 0.25) is 11.9 Å². The van der Waals surface area contributed by atoms with Crippen LogP contribution in [0.4, 0.5) is 17.5 Å². The Balaban J connectivity index is 1.26. The van der Waals surface area contributed by atoms with Crippen molar-refractivity contribution in [1.82, 2.24) is 19.4 Å². The number of amides is 1. The van der Waals surface area contributed by atoms with E-state index < -0.39 is 0 Å². The lowest BCUT2D eigenvalue weighted by atomic mass is 10.1. The van der Waals surface area contributed by atoms with Gasteiger partial charge in [0.1, 0.15) is 17.3 Å². The minimum atomic E-state index is -0.117. The number of anilines is 3. The van der Waals surface area contributed by atoms with Gasteiger partial charge in [-0.15, -0.1) is 0 Å². The molecule has 0 aliphatic carbocycles. The van der Waals surface area contributed by atoms with Gasteiger partial charge in [-0.05, 0) is 42.3 Å². The van der Waals surface area contributed by atoms with Gasteiger partial charge in [-0.3, -0.25) is 9.69 Å². The van der Waals surface area contributed by atoms with Crippen molar-refractivity contribution in [3.63, 3.8) is 0 Å². The highest BCUT2D eigenvalue weighted by molar-refractivity contribution is 5.91. The molecule has 0 unspecified atom stereocenters. The van der Waals surface area contributed by atoms with Gasteiger partial charge < -0.3 is 24.7 Å². The smallest absolute Gasteiger partial charge is 0.239 e. The second-order valence-corrected chi connectivity index (χ2v) is 8.90. The Labute approximate surface area is 210 Å². The molecule has 5 rings (SSSR count). The van der Waals surface area contributed by atoms with Gasteiger partial charge >= 0.3 is 0 Å². The molecular formula is C27H30N6O3. The van der Waals surface area contributed by atoms with E-state index in [0.717, 1.165) is 42.2 Å². The fraction of sp³-hybridized carbons (Fsp3) is 0.296. The highest BCUT2D eigenvalue weighted by Gasteiger charge is 2.27. The lowest BCUT2D eigenvalue weighted by Gasteiger charge is -2.37. The van der Waals surface area contributed by atoms with E-state index in [1.807, 2.05) is 46.8 Å². The number of benzene rings is 2. The van der Waals surface area contributed by atoms with Crippen molar-refractivity contribution < 1.29 is 14.3 Å². The average Bonchev–Trinajstić information content (AvgIpc) is 3.15. The number of nitrogens with one attached hydrogen (secondary N) is 2. The Morgan fingerprint density at radius 2 is 1.94 bits per heavy atom. The number of hydrogen-bond donors (Lipinski definition) is 2. The molecule has 9 heteroatoms. The molecule has 0 bridgehead atoms.